The molecule has 204 valence electrons. The second-order valence-electron chi connectivity index (χ2n) is 9.48. The number of carbonyl (C=O) groups excluding carboxylic acids is 1. The van der Waals surface area contributed by atoms with E-state index in [-0.39, 0.29) is 18.5 Å². The fraction of sp³-hybridized carbons (Fsp3) is 0.440. The Bertz CT molecular complexity index is 1470. The Hall–Kier alpha value is -3.42. The van der Waals surface area contributed by atoms with Crippen LogP contribution in [0.5, 0.6) is 0 Å². The number of aromatic nitrogens is 4. The quantitative estimate of drug-likeness (QED) is 0.404. The third kappa shape index (κ3) is 5.84. The molecule has 4 rings (SSSR count). The van der Waals surface area contributed by atoms with Crippen LogP contribution in [0.1, 0.15) is 38.2 Å². The minimum Gasteiger partial charge on any atom is -0.350 e. The second kappa shape index (κ2) is 11.1. The minimum absolute atomic E-state index is 0.0961. The summed E-state index contributed by atoms with van der Waals surface area (Å²) in [7, 11) is -3.94. The summed E-state index contributed by atoms with van der Waals surface area (Å²) in [5.74, 6) is -1.56. The van der Waals surface area contributed by atoms with Gasteiger partial charge in [-0.05, 0) is 56.4 Å². The Morgan fingerprint density at radius 2 is 2.00 bits per heavy atom. The highest BCUT2D eigenvalue weighted by Gasteiger charge is 2.44. The predicted octanol–water partition coefficient (Wildman–Crippen LogP) is 2.31. The second-order valence-corrected chi connectivity index (χ2v) is 11.9. The Kier molecular flexibility index (Phi) is 8.09. The number of aryl methyl sites for hydroxylation is 2. The number of pyridine rings is 1. The molecular weight excluding hydrogens is 517 g/mol. The van der Waals surface area contributed by atoms with Crippen LogP contribution in [0, 0.1) is 12.7 Å². The molecule has 13 heteroatoms. The highest BCUT2D eigenvalue weighted by Crippen LogP contribution is 2.26. The molecule has 1 unspecified atom stereocenters. The molecule has 0 saturated carbocycles. The first-order valence-corrected chi connectivity index (χ1v) is 14.0. The molecule has 1 saturated heterocycles. The lowest BCUT2D eigenvalue weighted by molar-refractivity contribution is -0.201. The van der Waals surface area contributed by atoms with Crippen molar-refractivity contribution in [1.82, 2.24) is 25.0 Å². The standard InChI is InChI=1S/C25H30FN5O6S/c1-17-14-18(7-8-21(17)31-27-10-11-28-31)19-15-22(32)30(16-20(19)26)12-9-25(2,38(3,34)35)24(33)29-37-23-6-4-5-13-36-23/h7-8,10-11,14-16,23H,4-6,9,12-13H2,1-3H3,(H,29,33)/t23?,25-/m1/s1. The number of amides is 1. The van der Waals surface area contributed by atoms with E-state index in [9.17, 15) is 18.0 Å². The van der Waals surface area contributed by atoms with Gasteiger partial charge in [0.15, 0.2) is 20.9 Å². The van der Waals surface area contributed by atoms with E-state index in [1.54, 1.807) is 30.6 Å². The third-order valence-corrected chi connectivity index (χ3v) is 8.80. The summed E-state index contributed by atoms with van der Waals surface area (Å²) in [5, 5.41) is 8.18. The van der Waals surface area contributed by atoms with E-state index < -0.39 is 38.2 Å². The normalized spacial score (nSPS) is 17.6. The van der Waals surface area contributed by atoms with Crippen LogP contribution in [0.3, 0.4) is 0 Å². The van der Waals surface area contributed by atoms with E-state index in [4.69, 9.17) is 9.57 Å². The molecule has 0 aliphatic carbocycles. The molecular formula is C25H30FN5O6S. The number of benzene rings is 1. The zero-order valence-corrected chi connectivity index (χ0v) is 22.2. The van der Waals surface area contributed by atoms with Crippen LogP contribution in [0.25, 0.3) is 16.8 Å². The molecule has 2 atom stereocenters. The van der Waals surface area contributed by atoms with Gasteiger partial charge in [-0.1, -0.05) is 6.07 Å². The van der Waals surface area contributed by atoms with E-state index >= 15 is 4.39 Å². The highest BCUT2D eigenvalue weighted by atomic mass is 32.2. The molecule has 3 heterocycles. The Labute approximate surface area is 219 Å². The third-order valence-electron chi connectivity index (χ3n) is 6.77. The van der Waals surface area contributed by atoms with Crippen molar-refractivity contribution in [3.8, 4) is 16.8 Å². The number of nitrogens with zero attached hydrogens (tertiary/aromatic N) is 4. The van der Waals surface area contributed by atoms with Gasteiger partial charge in [-0.3, -0.25) is 9.59 Å². The number of hydroxylamine groups is 1. The molecule has 1 aliphatic heterocycles. The minimum atomic E-state index is -3.94. The molecule has 1 N–H and O–H groups in total. The number of hydrogen-bond acceptors (Lipinski definition) is 8. The van der Waals surface area contributed by atoms with Crippen LogP contribution in [0.2, 0.25) is 0 Å². The van der Waals surface area contributed by atoms with Gasteiger partial charge in [-0.2, -0.15) is 15.0 Å². The van der Waals surface area contributed by atoms with Crippen LogP contribution in [0.4, 0.5) is 4.39 Å². The molecule has 2 aromatic heterocycles. The van der Waals surface area contributed by atoms with Gasteiger partial charge >= 0.3 is 0 Å². The summed E-state index contributed by atoms with van der Waals surface area (Å²) in [5.41, 5.74) is 3.73. The maximum absolute atomic E-state index is 15.1. The summed E-state index contributed by atoms with van der Waals surface area (Å²) >= 11 is 0. The lowest BCUT2D eigenvalue weighted by Gasteiger charge is -2.28. The first-order chi connectivity index (χ1) is 18.0. The predicted molar refractivity (Wildman–Crippen MR) is 136 cm³/mol. The monoisotopic (exact) mass is 547 g/mol. The maximum atomic E-state index is 15.1. The van der Waals surface area contributed by atoms with Gasteiger partial charge in [0.05, 0.1) is 18.1 Å². The maximum Gasteiger partial charge on any atom is 0.264 e. The fourth-order valence-corrected chi connectivity index (χ4v) is 5.00. The fourth-order valence-electron chi connectivity index (χ4n) is 4.16. The largest absolute Gasteiger partial charge is 0.350 e. The van der Waals surface area contributed by atoms with Crippen molar-refractivity contribution < 1.29 is 27.2 Å². The number of rotatable bonds is 9. The molecule has 11 nitrogen and oxygen atoms in total. The van der Waals surface area contributed by atoms with E-state index in [1.165, 1.54) is 11.7 Å². The number of nitrogens with one attached hydrogen (secondary N) is 1. The number of ether oxygens (including phenoxy) is 1. The van der Waals surface area contributed by atoms with E-state index in [0.717, 1.165) is 41.5 Å². The number of halogens is 1. The van der Waals surface area contributed by atoms with Crippen LogP contribution in [-0.2, 0) is 30.8 Å². The van der Waals surface area contributed by atoms with Gasteiger partial charge in [-0.15, -0.1) is 0 Å². The van der Waals surface area contributed by atoms with Crippen molar-refractivity contribution in [2.45, 2.75) is 57.1 Å². The molecule has 1 aliphatic rings. The molecule has 0 spiro atoms. The van der Waals surface area contributed by atoms with Gasteiger partial charge in [-0.25, -0.2) is 23.1 Å². The summed E-state index contributed by atoms with van der Waals surface area (Å²) in [4.78, 5) is 32.4. The lowest BCUT2D eigenvalue weighted by Crippen LogP contribution is -2.51. The van der Waals surface area contributed by atoms with E-state index in [1.807, 2.05) is 6.92 Å². The number of carbonyl (C=O) groups is 1. The molecule has 1 fully saturated rings. The first kappa shape index (κ1) is 27.6. The number of hydrogen-bond donors (Lipinski definition) is 1. The van der Waals surface area contributed by atoms with Crippen molar-refractivity contribution >= 4 is 15.7 Å². The Balaban J connectivity index is 1.51. The van der Waals surface area contributed by atoms with Crippen LogP contribution in [0.15, 0.2) is 47.7 Å². The molecule has 1 aromatic carbocycles. The first-order valence-electron chi connectivity index (χ1n) is 12.1. The topological polar surface area (TPSA) is 134 Å². The average molecular weight is 548 g/mol. The molecule has 0 bridgehead atoms. The molecule has 1 amide bonds. The van der Waals surface area contributed by atoms with E-state index in [2.05, 4.69) is 15.7 Å². The van der Waals surface area contributed by atoms with Gasteiger partial charge in [0, 0.05) is 43.7 Å². The van der Waals surface area contributed by atoms with Crippen LogP contribution < -0.4 is 11.0 Å². The van der Waals surface area contributed by atoms with E-state index in [0.29, 0.717) is 24.3 Å². The molecule has 3 aromatic rings. The smallest absolute Gasteiger partial charge is 0.264 e. The summed E-state index contributed by atoms with van der Waals surface area (Å²) in [6.45, 7) is 3.34. The molecule has 0 radical (unpaired) electrons. The summed E-state index contributed by atoms with van der Waals surface area (Å²) < 4.78 is 44.8. The molecule has 38 heavy (non-hydrogen) atoms. The summed E-state index contributed by atoms with van der Waals surface area (Å²) in [6.07, 6.45) is 6.41. The zero-order chi connectivity index (χ0) is 27.5. The average Bonchev–Trinajstić information content (AvgIpc) is 3.42. The van der Waals surface area contributed by atoms with Crippen molar-refractivity contribution in [2.75, 3.05) is 12.9 Å². The SMILES string of the molecule is Cc1cc(-c2cc(=O)n(CC[C@](C)(C(=O)NOC3CCCCO3)S(C)(=O)=O)cc2F)ccc1-n1nccn1. The number of sulfone groups is 1. The van der Waals surface area contributed by atoms with Crippen LogP contribution in [-0.4, -0.2) is 57.8 Å². The van der Waals surface area contributed by atoms with Crippen molar-refractivity contribution in [1.29, 1.82) is 0 Å². The zero-order valence-electron chi connectivity index (χ0n) is 21.4. The van der Waals surface area contributed by atoms with Gasteiger partial charge in [0.1, 0.15) is 5.82 Å². The van der Waals surface area contributed by atoms with Gasteiger partial charge < -0.3 is 9.30 Å². The van der Waals surface area contributed by atoms with Gasteiger partial charge in [0.25, 0.3) is 11.5 Å². The van der Waals surface area contributed by atoms with Crippen LogP contribution >= 0.6 is 0 Å². The lowest BCUT2D eigenvalue weighted by atomic mass is 10.0. The van der Waals surface area contributed by atoms with Crippen molar-refractivity contribution in [3.63, 3.8) is 0 Å². The Morgan fingerprint density at radius 3 is 2.63 bits per heavy atom. The summed E-state index contributed by atoms with van der Waals surface area (Å²) in [6, 6.07) is 6.26. The van der Waals surface area contributed by atoms with Gasteiger partial charge in [0.2, 0.25) is 0 Å². The highest BCUT2D eigenvalue weighted by molar-refractivity contribution is 7.92. The van der Waals surface area contributed by atoms with Crippen molar-refractivity contribution in [3.05, 3.63) is 64.6 Å². The Morgan fingerprint density at radius 1 is 1.26 bits per heavy atom. The van der Waals surface area contributed by atoms with Crippen molar-refractivity contribution in [2.24, 2.45) is 0 Å².